The molecule has 4 rings (SSSR count). The van der Waals surface area contributed by atoms with E-state index in [1.54, 1.807) is 0 Å². The fraction of sp³-hybridized carbons (Fsp3) is 0.650. The number of benzene rings is 1. The number of rotatable bonds is 5. The average Bonchev–Trinajstić information content (AvgIpc) is 2.96. The lowest BCUT2D eigenvalue weighted by molar-refractivity contribution is -0.199. The van der Waals surface area contributed by atoms with E-state index >= 15 is 0 Å². The van der Waals surface area contributed by atoms with Crippen molar-refractivity contribution in [2.75, 3.05) is 19.0 Å². The minimum absolute atomic E-state index is 0.0810. The van der Waals surface area contributed by atoms with Crippen molar-refractivity contribution in [1.82, 2.24) is 0 Å². The highest BCUT2D eigenvalue weighted by atomic mass is 32.2. The smallest absolute Gasteiger partial charge is 0.260 e. The number of anilines is 1. The third kappa shape index (κ3) is 3.14. The van der Waals surface area contributed by atoms with Gasteiger partial charge < -0.3 is 9.08 Å². The summed E-state index contributed by atoms with van der Waals surface area (Å²) in [6, 6.07) is 4.39. The molecule has 2 saturated carbocycles. The SMILES string of the molecule is CN(C)c1cc2c(cc1OSOON)CCC1C2CCC2(C)C(=O)CCC12. The maximum absolute atomic E-state index is 12.5. The Bertz CT molecular complexity index is 741. The van der Waals surface area contributed by atoms with E-state index in [9.17, 15) is 4.79 Å². The number of fused-ring (bicyclic) bond motifs is 5. The highest BCUT2D eigenvalue weighted by Crippen LogP contribution is 2.60. The Morgan fingerprint density at radius 1 is 1.22 bits per heavy atom. The predicted octanol–water partition coefficient (Wildman–Crippen LogP) is 3.94. The molecule has 4 unspecified atom stereocenters. The van der Waals surface area contributed by atoms with Crippen LogP contribution in [-0.4, -0.2) is 19.9 Å². The molecule has 0 spiro atoms. The van der Waals surface area contributed by atoms with E-state index in [2.05, 4.69) is 33.3 Å². The first-order valence-electron chi connectivity index (χ1n) is 9.70. The van der Waals surface area contributed by atoms with Crippen LogP contribution in [0, 0.1) is 17.3 Å². The van der Waals surface area contributed by atoms with Crippen LogP contribution < -0.4 is 15.0 Å². The molecule has 0 aliphatic heterocycles. The van der Waals surface area contributed by atoms with Crippen molar-refractivity contribution in [3.63, 3.8) is 0 Å². The van der Waals surface area contributed by atoms with Gasteiger partial charge in [0.2, 0.25) is 0 Å². The van der Waals surface area contributed by atoms with Crippen LogP contribution >= 0.6 is 12.3 Å². The zero-order valence-electron chi connectivity index (χ0n) is 16.2. The van der Waals surface area contributed by atoms with E-state index in [0.29, 0.717) is 35.9 Å². The summed E-state index contributed by atoms with van der Waals surface area (Å²) in [6.45, 7) is 2.22. The first kappa shape index (κ1) is 19.1. The summed E-state index contributed by atoms with van der Waals surface area (Å²) in [5, 5.41) is 0. The molecule has 0 radical (unpaired) electrons. The second-order valence-electron chi connectivity index (χ2n) is 8.56. The van der Waals surface area contributed by atoms with E-state index in [-0.39, 0.29) is 5.41 Å². The van der Waals surface area contributed by atoms with Crippen LogP contribution in [0.25, 0.3) is 0 Å². The summed E-state index contributed by atoms with van der Waals surface area (Å²) >= 11 is 0.712. The molecule has 6 nitrogen and oxygen atoms in total. The Balaban J connectivity index is 1.66. The highest BCUT2D eigenvalue weighted by Gasteiger charge is 2.54. The molecule has 0 amide bonds. The largest absolute Gasteiger partial charge is 0.396 e. The molecule has 1 aromatic carbocycles. The van der Waals surface area contributed by atoms with Gasteiger partial charge in [-0.1, -0.05) is 6.92 Å². The molecule has 0 saturated heterocycles. The van der Waals surface area contributed by atoms with Gasteiger partial charge in [0.1, 0.15) is 5.78 Å². The minimum Gasteiger partial charge on any atom is -0.396 e. The van der Waals surface area contributed by atoms with Gasteiger partial charge in [0.15, 0.2) is 5.75 Å². The Labute approximate surface area is 165 Å². The first-order chi connectivity index (χ1) is 13.0. The van der Waals surface area contributed by atoms with Crippen LogP contribution in [0.5, 0.6) is 5.75 Å². The topological polar surface area (TPSA) is 74.0 Å². The van der Waals surface area contributed by atoms with Gasteiger partial charge in [-0.25, -0.2) is 0 Å². The van der Waals surface area contributed by atoms with E-state index in [1.807, 2.05) is 14.1 Å². The third-order valence-electron chi connectivity index (χ3n) is 7.19. The molecule has 1 aromatic rings. The molecular formula is C20H28N2O4S. The number of aryl methyl sites for hydroxylation is 1. The normalized spacial score (nSPS) is 31.9. The molecule has 7 heteroatoms. The Morgan fingerprint density at radius 2 is 2.04 bits per heavy atom. The molecular weight excluding hydrogens is 364 g/mol. The van der Waals surface area contributed by atoms with E-state index in [4.69, 9.17) is 10.1 Å². The van der Waals surface area contributed by atoms with Crippen molar-refractivity contribution in [2.45, 2.75) is 51.4 Å². The van der Waals surface area contributed by atoms with Gasteiger partial charge in [-0.05, 0) is 73.1 Å². The lowest BCUT2D eigenvalue weighted by Gasteiger charge is -2.48. The first-order valence-corrected chi connectivity index (χ1v) is 10.4. The van der Waals surface area contributed by atoms with Crippen molar-refractivity contribution in [3.05, 3.63) is 23.3 Å². The quantitative estimate of drug-likeness (QED) is 0.352. The van der Waals surface area contributed by atoms with Crippen LogP contribution in [0.3, 0.4) is 0 Å². The average molecular weight is 393 g/mol. The molecule has 2 N–H and O–H groups in total. The lowest BCUT2D eigenvalue weighted by atomic mass is 9.55. The van der Waals surface area contributed by atoms with Crippen LogP contribution in [0.1, 0.15) is 56.1 Å². The minimum atomic E-state index is -0.0810. The predicted molar refractivity (Wildman–Crippen MR) is 105 cm³/mol. The van der Waals surface area contributed by atoms with Crippen molar-refractivity contribution in [3.8, 4) is 5.75 Å². The summed E-state index contributed by atoms with van der Waals surface area (Å²) in [4.78, 5) is 18.7. The van der Waals surface area contributed by atoms with Crippen molar-refractivity contribution >= 4 is 23.8 Å². The van der Waals surface area contributed by atoms with Crippen LogP contribution in [0.2, 0.25) is 0 Å². The fourth-order valence-corrected chi connectivity index (χ4v) is 6.11. The monoisotopic (exact) mass is 392 g/mol. The molecule has 148 valence electrons. The second kappa shape index (κ2) is 7.28. The van der Waals surface area contributed by atoms with Gasteiger partial charge in [-0.3, -0.25) is 4.79 Å². The van der Waals surface area contributed by atoms with Gasteiger partial charge in [0.05, 0.1) is 5.69 Å². The zero-order valence-corrected chi connectivity index (χ0v) is 17.0. The Kier molecular flexibility index (Phi) is 5.14. The number of Topliss-reactive ketones (excluding diaryl/α,β-unsaturated/α-hetero) is 1. The van der Waals surface area contributed by atoms with Gasteiger partial charge in [0.25, 0.3) is 12.3 Å². The maximum atomic E-state index is 12.5. The fourth-order valence-electron chi connectivity index (χ4n) is 5.84. The van der Waals surface area contributed by atoms with E-state index < -0.39 is 0 Å². The molecule has 3 aliphatic rings. The number of nitrogens with two attached hydrogens (primary N) is 1. The highest BCUT2D eigenvalue weighted by molar-refractivity contribution is 7.90. The molecule has 0 aromatic heterocycles. The van der Waals surface area contributed by atoms with Gasteiger partial charge in [-0.2, -0.15) is 5.90 Å². The third-order valence-corrected chi connectivity index (χ3v) is 7.57. The number of carbonyl (C=O) groups is 1. The summed E-state index contributed by atoms with van der Waals surface area (Å²) in [5.41, 5.74) is 3.71. The summed E-state index contributed by atoms with van der Waals surface area (Å²) < 4.78 is 10.2. The molecule has 3 aliphatic carbocycles. The number of nitrogens with zero attached hydrogens (tertiary/aromatic N) is 1. The standard InChI is InChI=1S/C20H28N2O4S/c1-20-9-8-13-14(16(20)6-7-19(20)23)5-4-12-10-18(24-27-26-25-21)17(22(2)3)11-15(12)13/h10-11,13-14,16H,4-9,21H2,1-3H3. The Morgan fingerprint density at radius 3 is 2.78 bits per heavy atom. The number of hydrogen-bond donors (Lipinski definition) is 1. The molecule has 2 fully saturated rings. The van der Waals surface area contributed by atoms with Gasteiger partial charge >= 0.3 is 0 Å². The van der Waals surface area contributed by atoms with E-state index in [0.717, 1.165) is 50.0 Å². The van der Waals surface area contributed by atoms with Crippen LogP contribution in [0.15, 0.2) is 12.1 Å². The van der Waals surface area contributed by atoms with Crippen molar-refractivity contribution < 1.29 is 18.3 Å². The molecule has 0 bridgehead atoms. The number of carbonyl (C=O) groups excluding carboxylic acids is 1. The summed E-state index contributed by atoms with van der Waals surface area (Å²) in [6.07, 6.45) is 6.14. The van der Waals surface area contributed by atoms with Crippen LogP contribution in [0.4, 0.5) is 5.69 Å². The maximum Gasteiger partial charge on any atom is 0.260 e. The summed E-state index contributed by atoms with van der Waals surface area (Å²) in [5.74, 6) is 7.82. The van der Waals surface area contributed by atoms with Gasteiger partial charge in [0, 0.05) is 25.9 Å². The number of ketones is 1. The molecule has 0 heterocycles. The number of hydrogen-bond acceptors (Lipinski definition) is 7. The zero-order chi connectivity index (χ0) is 19.2. The molecule has 4 atom stereocenters. The van der Waals surface area contributed by atoms with Crippen LogP contribution in [-0.2, 0) is 20.5 Å². The van der Waals surface area contributed by atoms with Crippen molar-refractivity contribution in [1.29, 1.82) is 0 Å². The molecule has 27 heavy (non-hydrogen) atoms. The second-order valence-corrected chi connectivity index (χ2v) is 9.00. The van der Waals surface area contributed by atoms with Gasteiger partial charge in [-0.15, -0.1) is 9.32 Å². The van der Waals surface area contributed by atoms with Crippen molar-refractivity contribution in [2.24, 2.45) is 23.1 Å². The van der Waals surface area contributed by atoms with E-state index in [1.165, 1.54) is 11.1 Å². The summed E-state index contributed by atoms with van der Waals surface area (Å²) in [7, 11) is 4.01. The Hall–Kier alpha value is -1.28. The lowest BCUT2D eigenvalue weighted by Crippen LogP contribution is -2.42.